The molecule has 0 aliphatic carbocycles. The molecule has 3 N–H and O–H groups in total. The third kappa shape index (κ3) is 2.81. The van der Waals surface area contributed by atoms with E-state index in [1.807, 2.05) is 72.8 Å². The normalized spacial score (nSPS) is 16.7. The van der Waals surface area contributed by atoms with Gasteiger partial charge in [-0.2, -0.15) is 0 Å². The van der Waals surface area contributed by atoms with Gasteiger partial charge >= 0.3 is 6.03 Å². The van der Waals surface area contributed by atoms with E-state index in [4.69, 9.17) is 4.98 Å². The van der Waals surface area contributed by atoms with Gasteiger partial charge in [0.25, 0.3) is 0 Å². The van der Waals surface area contributed by atoms with Crippen molar-refractivity contribution in [2.45, 2.75) is 6.04 Å². The van der Waals surface area contributed by atoms with Crippen LogP contribution >= 0.6 is 0 Å². The van der Waals surface area contributed by atoms with Crippen LogP contribution in [0.4, 0.5) is 4.79 Å². The molecule has 0 spiro atoms. The van der Waals surface area contributed by atoms with Crippen molar-refractivity contribution in [3.63, 3.8) is 0 Å². The van der Waals surface area contributed by atoms with Gasteiger partial charge in [0, 0.05) is 11.8 Å². The molecule has 6 nitrogen and oxygen atoms in total. The fourth-order valence-electron chi connectivity index (χ4n) is 3.50. The van der Waals surface area contributed by atoms with Crippen molar-refractivity contribution < 1.29 is 4.79 Å². The Morgan fingerprint density at radius 3 is 2.43 bits per heavy atom. The number of rotatable bonds is 3. The number of hydrogen-bond acceptors (Lipinski definition) is 3. The van der Waals surface area contributed by atoms with Crippen LogP contribution in [0.2, 0.25) is 0 Å². The Labute approximate surface area is 161 Å². The molecule has 0 saturated heterocycles. The predicted octanol–water partition coefficient (Wildman–Crippen LogP) is 3.88. The smallest absolute Gasteiger partial charge is 0.320 e. The van der Waals surface area contributed by atoms with Crippen LogP contribution in [0.1, 0.15) is 23.1 Å². The number of nitrogens with zero attached hydrogens (tertiary/aromatic N) is 2. The van der Waals surface area contributed by atoms with Gasteiger partial charge in [-0.3, -0.25) is 4.98 Å². The lowest BCUT2D eigenvalue weighted by Gasteiger charge is -2.29. The number of aromatic amines is 1. The highest BCUT2D eigenvalue weighted by Gasteiger charge is 2.32. The number of carbonyl (C=O) groups excluding carboxylic acids is 1. The molecule has 4 aromatic rings. The number of benzene rings is 2. The maximum atomic E-state index is 12.5. The summed E-state index contributed by atoms with van der Waals surface area (Å²) >= 11 is 0. The highest BCUT2D eigenvalue weighted by Crippen LogP contribution is 2.36. The van der Waals surface area contributed by atoms with Gasteiger partial charge < -0.3 is 15.6 Å². The first kappa shape index (κ1) is 16.3. The number of hydrogen-bond donors (Lipinski definition) is 3. The van der Waals surface area contributed by atoms with E-state index in [9.17, 15) is 4.79 Å². The molecule has 1 unspecified atom stereocenters. The van der Waals surface area contributed by atoms with Gasteiger partial charge in [0.1, 0.15) is 11.9 Å². The van der Waals surface area contributed by atoms with Gasteiger partial charge in [0.15, 0.2) is 0 Å². The zero-order chi connectivity index (χ0) is 18.9. The first-order valence-corrected chi connectivity index (χ1v) is 9.03. The van der Waals surface area contributed by atoms with Crippen LogP contribution in [0.5, 0.6) is 0 Å². The fraction of sp³-hybridized carbons (Fsp3) is 0.0455. The van der Waals surface area contributed by atoms with Crippen LogP contribution in [-0.4, -0.2) is 21.0 Å². The van der Waals surface area contributed by atoms with Crippen molar-refractivity contribution in [2.24, 2.45) is 0 Å². The van der Waals surface area contributed by atoms with Crippen molar-refractivity contribution >= 4 is 28.3 Å². The highest BCUT2D eigenvalue weighted by atomic mass is 16.2. The second kappa shape index (κ2) is 6.66. The molecule has 1 atom stereocenters. The Kier molecular flexibility index (Phi) is 3.87. The highest BCUT2D eigenvalue weighted by molar-refractivity contribution is 6.02. The molecule has 0 fully saturated rings. The number of nitrogens with one attached hydrogen (secondary N) is 3. The molecule has 0 bridgehead atoms. The van der Waals surface area contributed by atoms with Crippen LogP contribution in [0.3, 0.4) is 0 Å². The molecular weight excluding hydrogens is 350 g/mol. The minimum Gasteiger partial charge on any atom is -0.338 e. The molecule has 0 radical (unpaired) electrons. The number of aromatic nitrogens is 3. The molecule has 2 amide bonds. The molecule has 6 heteroatoms. The molecular formula is C22H17N5O. The van der Waals surface area contributed by atoms with E-state index in [2.05, 4.69) is 20.6 Å². The molecule has 1 aliphatic heterocycles. The van der Waals surface area contributed by atoms with Crippen LogP contribution in [-0.2, 0) is 0 Å². The summed E-state index contributed by atoms with van der Waals surface area (Å²) in [6.45, 7) is 0. The van der Waals surface area contributed by atoms with E-state index in [1.165, 1.54) is 0 Å². The van der Waals surface area contributed by atoms with Gasteiger partial charge in [0.2, 0.25) is 0 Å². The average Bonchev–Trinajstić information content (AvgIpc) is 3.18. The summed E-state index contributed by atoms with van der Waals surface area (Å²) < 4.78 is 0. The maximum absolute atomic E-state index is 12.5. The van der Waals surface area contributed by atoms with E-state index in [1.54, 1.807) is 6.20 Å². The number of para-hydroxylation sites is 2. The Morgan fingerprint density at radius 1 is 0.857 bits per heavy atom. The van der Waals surface area contributed by atoms with Gasteiger partial charge in [-0.1, -0.05) is 48.5 Å². The average molecular weight is 367 g/mol. The number of fused-ring (bicyclic) bond motifs is 1. The third-order valence-electron chi connectivity index (χ3n) is 4.76. The molecule has 136 valence electrons. The number of H-pyrrole nitrogens is 1. The standard InChI is InChI=1S/C22H17N5O/c28-22-26-19(14-8-2-1-3-9-14)18(20(27-22)17-12-6-7-13-23-17)21-24-15-10-4-5-11-16(15)25-21/h1-13,20H,(H,24,25)(H2,26,27,28). The molecule has 5 rings (SSSR count). The number of carbonyl (C=O) groups is 1. The Bertz CT molecular complexity index is 1150. The maximum Gasteiger partial charge on any atom is 0.320 e. The lowest BCUT2D eigenvalue weighted by atomic mass is 9.95. The zero-order valence-electron chi connectivity index (χ0n) is 14.9. The van der Waals surface area contributed by atoms with Crippen LogP contribution in [0.15, 0.2) is 79.0 Å². The number of imidazole rings is 1. The fourth-order valence-corrected chi connectivity index (χ4v) is 3.50. The van der Waals surface area contributed by atoms with Crippen LogP contribution in [0.25, 0.3) is 22.3 Å². The van der Waals surface area contributed by atoms with Gasteiger partial charge in [-0.15, -0.1) is 0 Å². The minimum atomic E-state index is -0.425. The minimum absolute atomic E-state index is 0.269. The lowest BCUT2D eigenvalue weighted by molar-refractivity contribution is 0.242. The molecule has 2 aromatic heterocycles. The zero-order valence-corrected chi connectivity index (χ0v) is 14.9. The van der Waals surface area contributed by atoms with Crippen LogP contribution in [0, 0.1) is 0 Å². The van der Waals surface area contributed by atoms with Crippen molar-refractivity contribution in [3.8, 4) is 0 Å². The first-order chi connectivity index (χ1) is 13.8. The summed E-state index contributed by atoms with van der Waals surface area (Å²) in [4.78, 5) is 25.1. The number of urea groups is 1. The quantitative estimate of drug-likeness (QED) is 0.514. The van der Waals surface area contributed by atoms with Crippen LogP contribution < -0.4 is 10.6 Å². The summed E-state index contributed by atoms with van der Waals surface area (Å²) in [6, 6.07) is 22.6. The second-order valence-corrected chi connectivity index (χ2v) is 6.54. The molecule has 2 aromatic carbocycles. The van der Waals surface area contributed by atoms with Crippen molar-refractivity contribution in [3.05, 3.63) is 96.1 Å². The monoisotopic (exact) mass is 367 g/mol. The Hall–Kier alpha value is -3.93. The van der Waals surface area contributed by atoms with Crippen molar-refractivity contribution in [1.29, 1.82) is 0 Å². The van der Waals surface area contributed by atoms with E-state index in [0.29, 0.717) is 5.82 Å². The second-order valence-electron chi connectivity index (χ2n) is 6.54. The SMILES string of the molecule is O=C1NC(c2ccccc2)=C(c2nc3ccccc3[nH]2)C(c2ccccn2)N1. The Morgan fingerprint density at radius 2 is 1.64 bits per heavy atom. The van der Waals surface area contributed by atoms with Crippen molar-refractivity contribution in [1.82, 2.24) is 25.6 Å². The van der Waals surface area contributed by atoms with Gasteiger partial charge in [-0.05, 0) is 29.8 Å². The Balaban J connectivity index is 1.78. The van der Waals surface area contributed by atoms with E-state index >= 15 is 0 Å². The predicted molar refractivity (Wildman–Crippen MR) is 108 cm³/mol. The lowest BCUT2D eigenvalue weighted by Crippen LogP contribution is -2.43. The summed E-state index contributed by atoms with van der Waals surface area (Å²) in [7, 11) is 0. The summed E-state index contributed by atoms with van der Waals surface area (Å²) in [5.41, 5.74) is 5.04. The molecule has 28 heavy (non-hydrogen) atoms. The van der Waals surface area contributed by atoms with E-state index in [-0.39, 0.29) is 6.03 Å². The summed E-state index contributed by atoms with van der Waals surface area (Å²) in [5.74, 6) is 0.697. The first-order valence-electron chi connectivity index (χ1n) is 9.03. The van der Waals surface area contributed by atoms with E-state index in [0.717, 1.165) is 33.6 Å². The largest absolute Gasteiger partial charge is 0.338 e. The van der Waals surface area contributed by atoms with Gasteiger partial charge in [0.05, 0.1) is 22.4 Å². The number of amides is 2. The molecule has 3 heterocycles. The van der Waals surface area contributed by atoms with Crippen molar-refractivity contribution in [2.75, 3.05) is 0 Å². The molecule has 1 aliphatic rings. The topological polar surface area (TPSA) is 82.7 Å². The molecule has 0 saturated carbocycles. The third-order valence-corrected chi connectivity index (χ3v) is 4.76. The number of pyridine rings is 1. The van der Waals surface area contributed by atoms with Gasteiger partial charge in [-0.25, -0.2) is 9.78 Å². The van der Waals surface area contributed by atoms with E-state index < -0.39 is 6.04 Å². The summed E-state index contributed by atoms with van der Waals surface area (Å²) in [5, 5.41) is 5.96. The summed E-state index contributed by atoms with van der Waals surface area (Å²) in [6.07, 6.45) is 1.72.